The fraction of sp³-hybridized carbons (Fsp3) is 0.400. The first-order valence-corrected chi connectivity index (χ1v) is 9.89. The molecule has 1 amide bonds. The highest BCUT2D eigenvalue weighted by molar-refractivity contribution is 9.10. The molecule has 0 spiro atoms. The molecule has 6 nitrogen and oxygen atoms in total. The van der Waals surface area contributed by atoms with Crippen LogP contribution in [0.25, 0.3) is 0 Å². The summed E-state index contributed by atoms with van der Waals surface area (Å²) >= 11 is 3.51. The van der Waals surface area contributed by atoms with Gasteiger partial charge in [-0.15, -0.1) is 0 Å². The van der Waals surface area contributed by atoms with Crippen LogP contribution in [0.5, 0.6) is 0 Å². The molecule has 1 aromatic heterocycles. The molecule has 0 radical (unpaired) electrons. The number of carbonyl (C=O) groups excluding carboxylic acids is 1. The molecule has 1 N–H and O–H groups in total. The van der Waals surface area contributed by atoms with Gasteiger partial charge < -0.3 is 19.7 Å². The predicted molar refractivity (Wildman–Crippen MR) is 113 cm³/mol. The van der Waals surface area contributed by atoms with Crippen LogP contribution >= 0.6 is 15.9 Å². The lowest BCUT2D eigenvalue weighted by atomic mass is 10.2. The van der Waals surface area contributed by atoms with E-state index in [1.54, 1.807) is 7.05 Å². The Morgan fingerprint density at radius 2 is 2.07 bits per heavy atom. The van der Waals surface area contributed by atoms with Crippen molar-refractivity contribution in [3.8, 4) is 0 Å². The molecule has 1 saturated heterocycles. The molecule has 1 aliphatic rings. The highest BCUT2D eigenvalue weighted by Gasteiger charge is 2.21. The third kappa shape index (κ3) is 4.71. The van der Waals surface area contributed by atoms with E-state index in [4.69, 9.17) is 0 Å². The number of hydrogen-bond donors (Lipinski definition) is 1. The zero-order valence-corrected chi connectivity index (χ0v) is 17.7. The maximum atomic E-state index is 11.9. The Morgan fingerprint density at radius 3 is 2.63 bits per heavy atom. The summed E-state index contributed by atoms with van der Waals surface area (Å²) in [6.45, 7) is 2.27. The quantitative estimate of drug-likeness (QED) is 0.584. The molecule has 1 fully saturated rings. The van der Waals surface area contributed by atoms with Crippen LogP contribution in [0.4, 0.5) is 5.69 Å². The highest BCUT2D eigenvalue weighted by Crippen LogP contribution is 2.21. The third-order valence-electron chi connectivity index (χ3n) is 4.82. The first-order valence-electron chi connectivity index (χ1n) is 9.10. The van der Waals surface area contributed by atoms with Crippen molar-refractivity contribution in [2.24, 2.45) is 12.0 Å². The Bertz CT molecular complexity index is 827. The van der Waals surface area contributed by atoms with E-state index in [9.17, 15) is 4.79 Å². The molecule has 2 heterocycles. The second-order valence-corrected chi connectivity index (χ2v) is 7.75. The Kier molecular flexibility index (Phi) is 6.21. The minimum Gasteiger partial charge on any atom is -0.352 e. The van der Waals surface area contributed by atoms with Gasteiger partial charge in [0.25, 0.3) is 0 Å². The van der Waals surface area contributed by atoms with Gasteiger partial charge in [0.05, 0.1) is 6.54 Å². The van der Waals surface area contributed by atoms with E-state index >= 15 is 0 Å². The van der Waals surface area contributed by atoms with Gasteiger partial charge in [0.15, 0.2) is 5.96 Å². The first kappa shape index (κ1) is 19.5. The topological polar surface area (TPSA) is 52.9 Å². The van der Waals surface area contributed by atoms with E-state index in [1.807, 2.05) is 37.3 Å². The summed E-state index contributed by atoms with van der Waals surface area (Å²) in [6.07, 6.45) is 3.65. The number of hydrogen-bond acceptors (Lipinski definition) is 2. The first-order chi connectivity index (χ1) is 13.0. The smallest absolute Gasteiger partial charge is 0.227 e. The zero-order chi connectivity index (χ0) is 19.4. The Labute approximate surface area is 169 Å². The summed E-state index contributed by atoms with van der Waals surface area (Å²) in [5.74, 6) is 1.06. The molecule has 0 saturated carbocycles. The molecule has 7 heteroatoms. The number of aliphatic imine (C=N–C) groups is 1. The van der Waals surface area contributed by atoms with Crippen molar-refractivity contribution in [3.05, 3.63) is 52.3 Å². The minimum atomic E-state index is 0.218. The van der Waals surface area contributed by atoms with Gasteiger partial charge in [0, 0.05) is 62.7 Å². The number of rotatable bonds is 5. The summed E-state index contributed by atoms with van der Waals surface area (Å²) in [5.41, 5.74) is 3.34. The van der Waals surface area contributed by atoms with Crippen molar-refractivity contribution in [1.29, 1.82) is 0 Å². The predicted octanol–water partition coefficient (Wildman–Crippen LogP) is 3.12. The van der Waals surface area contributed by atoms with Crippen LogP contribution in [0, 0.1) is 0 Å². The number of anilines is 1. The standard InChI is InChI=1S/C20H26BrN5O/c1-22-20(25(3)14-18-11-16(21)13-24(18)2)23-12-15-6-8-17(9-7-15)26-10-4-5-19(26)27/h6-9,11,13H,4-5,10,12,14H2,1-3H3,(H,22,23). The average molecular weight is 432 g/mol. The number of guanidine groups is 1. The molecular formula is C20H26BrN5O. The molecule has 0 atom stereocenters. The maximum absolute atomic E-state index is 11.9. The second kappa shape index (κ2) is 8.61. The molecule has 0 aliphatic carbocycles. The Hall–Kier alpha value is -2.28. The van der Waals surface area contributed by atoms with Crippen molar-refractivity contribution in [2.75, 3.05) is 25.5 Å². The van der Waals surface area contributed by atoms with E-state index in [0.717, 1.165) is 41.2 Å². The summed E-state index contributed by atoms with van der Waals surface area (Å²) in [4.78, 5) is 20.2. The van der Waals surface area contributed by atoms with Crippen LogP contribution in [-0.4, -0.2) is 42.0 Å². The molecular weight excluding hydrogens is 406 g/mol. The summed E-state index contributed by atoms with van der Waals surface area (Å²) in [6, 6.07) is 10.3. The zero-order valence-electron chi connectivity index (χ0n) is 16.1. The minimum absolute atomic E-state index is 0.218. The van der Waals surface area contributed by atoms with Gasteiger partial charge in [0.1, 0.15) is 0 Å². The molecule has 1 aliphatic heterocycles. The van der Waals surface area contributed by atoms with Crippen molar-refractivity contribution < 1.29 is 4.79 Å². The monoisotopic (exact) mass is 431 g/mol. The van der Waals surface area contributed by atoms with Gasteiger partial charge in [-0.3, -0.25) is 9.79 Å². The number of halogens is 1. The van der Waals surface area contributed by atoms with Crippen LogP contribution < -0.4 is 10.2 Å². The summed E-state index contributed by atoms with van der Waals surface area (Å²) in [5, 5.41) is 3.40. The fourth-order valence-electron chi connectivity index (χ4n) is 3.32. The Balaban J connectivity index is 1.57. The van der Waals surface area contributed by atoms with E-state index < -0.39 is 0 Å². The van der Waals surface area contributed by atoms with Crippen LogP contribution in [0.15, 0.2) is 46.0 Å². The van der Waals surface area contributed by atoms with Crippen LogP contribution in [0.3, 0.4) is 0 Å². The second-order valence-electron chi connectivity index (χ2n) is 6.83. The molecule has 144 valence electrons. The van der Waals surface area contributed by atoms with E-state index in [1.165, 1.54) is 5.69 Å². The molecule has 1 aromatic carbocycles. The summed E-state index contributed by atoms with van der Waals surface area (Å²) < 4.78 is 3.18. The van der Waals surface area contributed by atoms with Gasteiger partial charge in [-0.1, -0.05) is 12.1 Å². The molecule has 27 heavy (non-hydrogen) atoms. The van der Waals surface area contributed by atoms with Crippen LogP contribution in [-0.2, 0) is 24.9 Å². The maximum Gasteiger partial charge on any atom is 0.227 e. The van der Waals surface area contributed by atoms with Gasteiger partial charge in [0.2, 0.25) is 5.91 Å². The lowest BCUT2D eigenvalue weighted by Crippen LogP contribution is -2.38. The van der Waals surface area contributed by atoms with Crippen molar-refractivity contribution in [1.82, 2.24) is 14.8 Å². The normalized spacial score (nSPS) is 14.7. The highest BCUT2D eigenvalue weighted by atomic mass is 79.9. The molecule has 0 unspecified atom stereocenters. The number of carbonyl (C=O) groups is 1. The van der Waals surface area contributed by atoms with Gasteiger partial charge in [-0.05, 0) is 46.1 Å². The van der Waals surface area contributed by atoms with Crippen molar-refractivity contribution >= 4 is 33.5 Å². The summed E-state index contributed by atoms with van der Waals surface area (Å²) in [7, 11) is 5.86. The van der Waals surface area contributed by atoms with E-state index in [0.29, 0.717) is 13.0 Å². The molecule has 0 bridgehead atoms. The van der Waals surface area contributed by atoms with E-state index in [2.05, 4.69) is 53.9 Å². The number of amides is 1. The SMILES string of the molecule is CN=C(NCc1ccc(N2CCCC2=O)cc1)N(C)Cc1cc(Br)cn1C. The molecule has 3 rings (SSSR count). The third-order valence-corrected chi connectivity index (χ3v) is 5.25. The van der Waals surface area contributed by atoms with Gasteiger partial charge >= 0.3 is 0 Å². The van der Waals surface area contributed by atoms with Crippen molar-refractivity contribution in [3.63, 3.8) is 0 Å². The van der Waals surface area contributed by atoms with Crippen LogP contribution in [0.1, 0.15) is 24.1 Å². The van der Waals surface area contributed by atoms with Gasteiger partial charge in [-0.25, -0.2) is 0 Å². The molecule has 2 aromatic rings. The fourth-order valence-corrected chi connectivity index (χ4v) is 3.89. The average Bonchev–Trinajstić information content (AvgIpc) is 3.21. The largest absolute Gasteiger partial charge is 0.352 e. The van der Waals surface area contributed by atoms with E-state index in [-0.39, 0.29) is 5.91 Å². The number of benzene rings is 1. The number of aromatic nitrogens is 1. The lowest BCUT2D eigenvalue weighted by Gasteiger charge is -2.22. The number of aryl methyl sites for hydroxylation is 1. The lowest BCUT2D eigenvalue weighted by molar-refractivity contribution is -0.117. The number of nitrogens with zero attached hydrogens (tertiary/aromatic N) is 4. The van der Waals surface area contributed by atoms with Crippen molar-refractivity contribution in [2.45, 2.75) is 25.9 Å². The van der Waals surface area contributed by atoms with Gasteiger partial charge in [-0.2, -0.15) is 0 Å². The number of nitrogens with one attached hydrogen (secondary N) is 1. The Morgan fingerprint density at radius 1 is 1.33 bits per heavy atom. The van der Waals surface area contributed by atoms with Crippen LogP contribution in [0.2, 0.25) is 0 Å².